The molecule has 0 atom stereocenters. The summed E-state index contributed by atoms with van der Waals surface area (Å²) >= 11 is 0. The number of ether oxygens (including phenoxy) is 1. The van der Waals surface area contributed by atoms with Gasteiger partial charge in [-0.1, -0.05) is 5.16 Å². The van der Waals surface area contributed by atoms with Crippen molar-refractivity contribution >= 4 is 22.8 Å². The van der Waals surface area contributed by atoms with Crippen LogP contribution in [-0.2, 0) is 6.42 Å². The predicted octanol–water partition coefficient (Wildman–Crippen LogP) is 3.38. The van der Waals surface area contributed by atoms with Crippen LogP contribution < -0.4 is 4.74 Å². The summed E-state index contributed by atoms with van der Waals surface area (Å²) < 4.78 is 11.5. The molecule has 30 heavy (non-hydrogen) atoms. The average molecular weight is 407 g/mol. The van der Waals surface area contributed by atoms with Crippen molar-refractivity contribution in [3.05, 3.63) is 60.1 Å². The number of hydrogen-bond acceptors (Lipinski definition) is 7. The Morgan fingerprint density at radius 1 is 1.13 bits per heavy atom. The van der Waals surface area contributed by atoms with Crippen LogP contribution in [0.4, 0.5) is 0 Å². The Morgan fingerprint density at radius 3 is 2.60 bits per heavy atom. The molecule has 0 aliphatic carbocycles. The molecule has 0 radical (unpaired) electrons. The summed E-state index contributed by atoms with van der Waals surface area (Å²) in [6.07, 6.45) is 0.131. The van der Waals surface area contributed by atoms with Crippen LogP contribution in [0.5, 0.6) is 11.5 Å². The van der Waals surface area contributed by atoms with E-state index in [1.54, 1.807) is 30.3 Å². The number of phenols is 1. The predicted molar refractivity (Wildman–Crippen MR) is 106 cm³/mol. The summed E-state index contributed by atoms with van der Waals surface area (Å²) in [5.74, 6) is -0.331. The summed E-state index contributed by atoms with van der Waals surface area (Å²) in [4.78, 5) is 28.7. The summed E-state index contributed by atoms with van der Waals surface area (Å²) in [6.45, 7) is 0. The standard InChI is InChI=1S/C21H17N3O6/c1-29-15-6-7-16-13(10-15)11-17(21(27)28)24(16)19(26)9-8-18-22-20(23-30-18)12-2-4-14(25)5-3-12/h2-7,10-11,25H,8-9H2,1H3,(H,27,28). The first-order valence-electron chi connectivity index (χ1n) is 9.04. The minimum absolute atomic E-state index is 0.0205. The van der Waals surface area contributed by atoms with Gasteiger partial charge in [0.1, 0.15) is 17.2 Å². The summed E-state index contributed by atoms with van der Waals surface area (Å²) in [7, 11) is 1.51. The molecule has 2 N–H and O–H groups in total. The van der Waals surface area contributed by atoms with E-state index < -0.39 is 11.9 Å². The van der Waals surface area contributed by atoms with Gasteiger partial charge in [-0.2, -0.15) is 4.98 Å². The van der Waals surface area contributed by atoms with Gasteiger partial charge in [-0.05, 0) is 48.5 Å². The molecule has 4 rings (SSSR count). The van der Waals surface area contributed by atoms with E-state index in [4.69, 9.17) is 9.26 Å². The van der Waals surface area contributed by atoms with Gasteiger partial charge < -0.3 is 19.5 Å². The molecule has 0 amide bonds. The van der Waals surface area contributed by atoms with Crippen LogP contribution in [0.1, 0.15) is 27.6 Å². The van der Waals surface area contributed by atoms with Gasteiger partial charge in [0.15, 0.2) is 0 Å². The van der Waals surface area contributed by atoms with E-state index in [1.165, 1.54) is 29.9 Å². The quantitative estimate of drug-likeness (QED) is 0.498. The number of carboxylic acids is 1. The monoisotopic (exact) mass is 407 g/mol. The fraction of sp³-hybridized carbons (Fsp3) is 0.143. The van der Waals surface area contributed by atoms with E-state index in [2.05, 4.69) is 10.1 Å². The Labute approximate surface area is 170 Å². The molecule has 0 saturated carbocycles. The molecule has 0 fully saturated rings. The highest BCUT2D eigenvalue weighted by Gasteiger charge is 2.21. The van der Waals surface area contributed by atoms with Gasteiger partial charge in [-0.15, -0.1) is 0 Å². The number of nitrogens with zero attached hydrogens (tertiary/aromatic N) is 3. The molecule has 0 aliphatic heterocycles. The molecular formula is C21H17N3O6. The summed E-state index contributed by atoms with van der Waals surface area (Å²) in [5, 5.41) is 23.3. The van der Waals surface area contributed by atoms with Gasteiger partial charge in [0.25, 0.3) is 0 Å². The number of rotatable bonds is 6. The lowest BCUT2D eigenvalue weighted by Crippen LogP contribution is -2.17. The van der Waals surface area contributed by atoms with E-state index in [1.807, 2.05) is 0 Å². The van der Waals surface area contributed by atoms with E-state index in [9.17, 15) is 19.8 Å². The van der Waals surface area contributed by atoms with Crippen molar-refractivity contribution in [3.8, 4) is 22.9 Å². The van der Waals surface area contributed by atoms with Crippen molar-refractivity contribution in [2.24, 2.45) is 0 Å². The number of aromatic hydroxyl groups is 1. The molecule has 0 aliphatic rings. The molecule has 9 nitrogen and oxygen atoms in total. The zero-order valence-electron chi connectivity index (χ0n) is 15.9. The third-order valence-electron chi connectivity index (χ3n) is 4.62. The second kappa shape index (κ2) is 7.70. The van der Waals surface area contributed by atoms with Crippen LogP contribution >= 0.6 is 0 Å². The molecule has 152 valence electrons. The molecule has 0 unspecified atom stereocenters. The Kier molecular flexibility index (Phi) is 4.93. The van der Waals surface area contributed by atoms with Gasteiger partial charge in [-0.3, -0.25) is 9.36 Å². The second-order valence-corrected chi connectivity index (χ2v) is 6.55. The first kappa shape index (κ1) is 19.2. The molecule has 0 spiro atoms. The number of aromatic nitrogens is 3. The van der Waals surface area contributed by atoms with Crippen molar-refractivity contribution < 1.29 is 29.1 Å². The van der Waals surface area contributed by atoms with Crippen molar-refractivity contribution in [3.63, 3.8) is 0 Å². The lowest BCUT2D eigenvalue weighted by Gasteiger charge is -2.06. The van der Waals surface area contributed by atoms with E-state index in [-0.39, 0.29) is 30.2 Å². The third-order valence-corrected chi connectivity index (χ3v) is 4.62. The Balaban J connectivity index is 1.56. The maximum absolute atomic E-state index is 12.8. The van der Waals surface area contributed by atoms with Gasteiger partial charge in [-0.25, -0.2) is 4.79 Å². The van der Waals surface area contributed by atoms with Crippen molar-refractivity contribution in [1.29, 1.82) is 0 Å². The van der Waals surface area contributed by atoms with Crippen LogP contribution in [0.2, 0.25) is 0 Å². The molecule has 2 aromatic carbocycles. The van der Waals surface area contributed by atoms with Crippen LogP contribution in [0, 0.1) is 0 Å². The molecule has 2 heterocycles. The van der Waals surface area contributed by atoms with Crippen molar-refractivity contribution in [2.75, 3.05) is 7.11 Å². The summed E-state index contributed by atoms with van der Waals surface area (Å²) in [5.41, 5.74) is 1.01. The molecule has 0 saturated heterocycles. The average Bonchev–Trinajstić information content (AvgIpc) is 3.37. The van der Waals surface area contributed by atoms with E-state index in [0.29, 0.717) is 28.0 Å². The lowest BCUT2D eigenvalue weighted by molar-refractivity contribution is 0.0673. The fourth-order valence-corrected chi connectivity index (χ4v) is 3.16. The number of carbonyl (C=O) groups excluding carboxylic acids is 1. The number of phenolic OH excluding ortho intramolecular Hbond substituents is 1. The number of aryl methyl sites for hydroxylation is 1. The SMILES string of the molecule is COc1ccc2c(c1)cc(C(=O)O)n2C(=O)CCc1nc(-c2ccc(O)cc2)no1. The Morgan fingerprint density at radius 2 is 1.90 bits per heavy atom. The number of carboxylic acid groups (broad SMARTS) is 1. The van der Waals surface area contributed by atoms with Crippen LogP contribution in [0.15, 0.2) is 53.1 Å². The second-order valence-electron chi connectivity index (χ2n) is 6.55. The topological polar surface area (TPSA) is 128 Å². The van der Waals surface area contributed by atoms with Crippen molar-refractivity contribution in [2.45, 2.75) is 12.8 Å². The maximum Gasteiger partial charge on any atom is 0.352 e. The molecule has 9 heteroatoms. The Bertz CT molecular complexity index is 1240. The van der Waals surface area contributed by atoms with Crippen LogP contribution in [0.3, 0.4) is 0 Å². The number of hydrogen-bond donors (Lipinski definition) is 2. The number of carbonyl (C=O) groups is 2. The van der Waals surface area contributed by atoms with Crippen LogP contribution in [-0.4, -0.2) is 43.9 Å². The number of fused-ring (bicyclic) bond motifs is 1. The minimum Gasteiger partial charge on any atom is -0.508 e. The first-order chi connectivity index (χ1) is 14.5. The smallest absolute Gasteiger partial charge is 0.352 e. The zero-order valence-corrected chi connectivity index (χ0v) is 15.9. The number of benzene rings is 2. The highest BCUT2D eigenvalue weighted by atomic mass is 16.5. The normalized spacial score (nSPS) is 11.0. The molecule has 2 aromatic heterocycles. The number of aromatic carboxylic acids is 1. The maximum atomic E-state index is 12.8. The van der Waals surface area contributed by atoms with Gasteiger partial charge in [0.2, 0.25) is 17.6 Å². The van der Waals surface area contributed by atoms with E-state index in [0.717, 1.165) is 0 Å². The first-order valence-corrected chi connectivity index (χ1v) is 9.04. The fourth-order valence-electron chi connectivity index (χ4n) is 3.16. The molecular weight excluding hydrogens is 390 g/mol. The molecule has 4 aromatic rings. The highest BCUT2D eigenvalue weighted by molar-refractivity contribution is 6.02. The Hall–Kier alpha value is -4.14. The highest BCUT2D eigenvalue weighted by Crippen LogP contribution is 2.26. The van der Waals surface area contributed by atoms with E-state index >= 15 is 0 Å². The van der Waals surface area contributed by atoms with Crippen molar-refractivity contribution in [1.82, 2.24) is 14.7 Å². The largest absolute Gasteiger partial charge is 0.508 e. The minimum atomic E-state index is -1.20. The van der Waals surface area contributed by atoms with Crippen LogP contribution in [0.25, 0.3) is 22.3 Å². The number of methoxy groups -OCH3 is 1. The summed E-state index contributed by atoms with van der Waals surface area (Å²) in [6, 6.07) is 12.7. The van der Waals surface area contributed by atoms with Gasteiger partial charge in [0, 0.05) is 23.8 Å². The lowest BCUT2D eigenvalue weighted by atomic mass is 10.2. The zero-order chi connectivity index (χ0) is 21.3. The third kappa shape index (κ3) is 3.60. The van der Waals surface area contributed by atoms with Gasteiger partial charge in [0.05, 0.1) is 12.6 Å². The molecule has 0 bridgehead atoms. The van der Waals surface area contributed by atoms with Gasteiger partial charge >= 0.3 is 5.97 Å².